The second-order valence-electron chi connectivity index (χ2n) is 3.56. The van der Waals surface area contributed by atoms with Crippen LogP contribution in [0.25, 0.3) is 0 Å². The Bertz CT molecular complexity index is 146. The largest absolute Gasteiger partial charge is 0.312 e. The first-order valence-corrected chi connectivity index (χ1v) is 5.11. The third-order valence-corrected chi connectivity index (χ3v) is 2.63. The van der Waals surface area contributed by atoms with Gasteiger partial charge in [-0.2, -0.15) is 0 Å². The highest BCUT2D eigenvalue weighted by Gasteiger charge is 2.19. The third kappa shape index (κ3) is 2.59. The molecule has 0 unspecified atom stereocenters. The van der Waals surface area contributed by atoms with Crippen LogP contribution in [0.2, 0.25) is 0 Å². The molecule has 2 N–H and O–H groups in total. The average molecular weight is 168 g/mol. The summed E-state index contributed by atoms with van der Waals surface area (Å²) in [5.74, 6) is 0.772. The zero-order chi connectivity index (χ0) is 8.81. The summed E-state index contributed by atoms with van der Waals surface area (Å²) in [5.41, 5.74) is 6.83. The molecule has 0 aromatic carbocycles. The van der Waals surface area contributed by atoms with E-state index in [-0.39, 0.29) is 0 Å². The highest BCUT2D eigenvalue weighted by atomic mass is 14.9. The van der Waals surface area contributed by atoms with Crippen molar-refractivity contribution in [3.05, 3.63) is 0 Å². The van der Waals surface area contributed by atoms with Crippen LogP contribution >= 0.6 is 0 Å². The lowest BCUT2D eigenvalue weighted by atomic mass is 9.98. The number of hydrogen-bond acceptors (Lipinski definition) is 2. The summed E-state index contributed by atoms with van der Waals surface area (Å²) in [6, 6.07) is 0. The second-order valence-corrected chi connectivity index (χ2v) is 3.56. The van der Waals surface area contributed by atoms with Gasteiger partial charge in [-0.15, -0.1) is 0 Å². The van der Waals surface area contributed by atoms with E-state index in [2.05, 4.69) is 11.9 Å². The van der Waals surface area contributed by atoms with E-state index < -0.39 is 0 Å². The molecule has 0 atom stereocenters. The maximum absolute atomic E-state index is 5.44. The Morgan fingerprint density at radius 1 is 1.42 bits per heavy atom. The molecule has 1 saturated carbocycles. The lowest BCUT2D eigenvalue weighted by Gasteiger charge is -2.11. The van der Waals surface area contributed by atoms with E-state index in [1.165, 1.54) is 37.8 Å². The van der Waals surface area contributed by atoms with Crippen LogP contribution in [-0.2, 0) is 0 Å². The molecule has 0 aliphatic heterocycles. The summed E-state index contributed by atoms with van der Waals surface area (Å²) in [5, 5.41) is 0. The summed E-state index contributed by atoms with van der Waals surface area (Å²) >= 11 is 0. The zero-order valence-electron chi connectivity index (χ0n) is 8.05. The third-order valence-electron chi connectivity index (χ3n) is 2.63. The Hall–Kier alpha value is -0.370. The van der Waals surface area contributed by atoms with Crippen LogP contribution in [0.1, 0.15) is 45.4 Å². The van der Waals surface area contributed by atoms with Gasteiger partial charge in [0.05, 0.1) is 6.67 Å². The smallest absolute Gasteiger partial charge is 0.0858 e. The summed E-state index contributed by atoms with van der Waals surface area (Å²) in [7, 11) is 0. The van der Waals surface area contributed by atoms with Gasteiger partial charge in [-0.05, 0) is 25.2 Å². The molecule has 0 aromatic heterocycles. The number of rotatable bonds is 4. The normalized spacial score (nSPS) is 20.3. The first-order valence-electron chi connectivity index (χ1n) is 5.11. The molecule has 0 heterocycles. The first-order chi connectivity index (χ1) is 5.88. The Kier molecular flexibility index (Phi) is 4.30. The Morgan fingerprint density at radius 2 is 2.08 bits per heavy atom. The molecular formula is C10H20N2. The van der Waals surface area contributed by atoms with E-state index in [0.717, 1.165) is 12.3 Å². The maximum Gasteiger partial charge on any atom is 0.0858 e. The number of nitrogens with two attached hydrogens (primary N) is 1. The van der Waals surface area contributed by atoms with Gasteiger partial charge in [-0.3, -0.25) is 4.99 Å². The second kappa shape index (κ2) is 5.31. The molecule has 2 nitrogen and oxygen atoms in total. The van der Waals surface area contributed by atoms with Gasteiger partial charge in [-0.25, -0.2) is 0 Å². The van der Waals surface area contributed by atoms with Crippen LogP contribution in [-0.4, -0.2) is 12.4 Å². The molecule has 1 aliphatic carbocycles. The van der Waals surface area contributed by atoms with Crippen LogP contribution in [0.3, 0.4) is 0 Å². The average Bonchev–Trinajstić information content (AvgIpc) is 2.56. The monoisotopic (exact) mass is 168 g/mol. The Balaban J connectivity index is 2.45. The molecule has 0 spiro atoms. The number of aliphatic imine (C=N–C) groups is 1. The lowest BCUT2D eigenvalue weighted by Crippen LogP contribution is -2.13. The van der Waals surface area contributed by atoms with Gasteiger partial charge in [0, 0.05) is 5.71 Å². The molecule has 0 amide bonds. The molecule has 0 saturated heterocycles. The van der Waals surface area contributed by atoms with Gasteiger partial charge in [0.25, 0.3) is 0 Å². The molecule has 2 heteroatoms. The van der Waals surface area contributed by atoms with Crippen LogP contribution in [0.5, 0.6) is 0 Å². The van der Waals surface area contributed by atoms with Crippen molar-refractivity contribution in [3.63, 3.8) is 0 Å². The van der Waals surface area contributed by atoms with E-state index in [9.17, 15) is 0 Å². The Morgan fingerprint density at radius 3 is 2.58 bits per heavy atom. The van der Waals surface area contributed by atoms with E-state index in [0.29, 0.717) is 6.67 Å². The number of hydrogen-bond donors (Lipinski definition) is 1. The van der Waals surface area contributed by atoms with Crippen LogP contribution in [0.4, 0.5) is 0 Å². The maximum atomic E-state index is 5.44. The molecule has 12 heavy (non-hydrogen) atoms. The van der Waals surface area contributed by atoms with Crippen molar-refractivity contribution in [1.29, 1.82) is 0 Å². The van der Waals surface area contributed by atoms with E-state index >= 15 is 0 Å². The lowest BCUT2D eigenvalue weighted by molar-refractivity contribution is 0.699. The first kappa shape index (κ1) is 9.72. The molecule has 0 bridgehead atoms. The van der Waals surface area contributed by atoms with Gasteiger partial charge in [-0.1, -0.05) is 26.2 Å². The SMILES string of the molecule is CCCC(=NCN)C1CCCC1. The minimum atomic E-state index is 0.478. The van der Waals surface area contributed by atoms with Gasteiger partial charge < -0.3 is 5.73 Å². The fourth-order valence-corrected chi connectivity index (χ4v) is 2.04. The standard InChI is InChI=1S/C10H20N2/c1-2-5-10(12-8-11)9-6-3-4-7-9/h9H,2-8,11H2,1H3. The summed E-state index contributed by atoms with van der Waals surface area (Å²) in [4.78, 5) is 4.39. The van der Waals surface area contributed by atoms with Crippen molar-refractivity contribution in [2.75, 3.05) is 6.67 Å². The van der Waals surface area contributed by atoms with E-state index in [1.54, 1.807) is 0 Å². The summed E-state index contributed by atoms with van der Waals surface area (Å²) < 4.78 is 0. The van der Waals surface area contributed by atoms with Crippen molar-refractivity contribution in [3.8, 4) is 0 Å². The minimum absolute atomic E-state index is 0.478. The minimum Gasteiger partial charge on any atom is -0.312 e. The van der Waals surface area contributed by atoms with Gasteiger partial charge in [0.1, 0.15) is 0 Å². The van der Waals surface area contributed by atoms with Crippen molar-refractivity contribution < 1.29 is 0 Å². The fraction of sp³-hybridized carbons (Fsp3) is 0.900. The fourth-order valence-electron chi connectivity index (χ4n) is 2.04. The van der Waals surface area contributed by atoms with Crippen molar-refractivity contribution in [2.24, 2.45) is 16.6 Å². The van der Waals surface area contributed by atoms with Crippen LogP contribution in [0, 0.1) is 5.92 Å². The van der Waals surface area contributed by atoms with E-state index in [4.69, 9.17) is 5.73 Å². The molecule has 0 radical (unpaired) electrons. The van der Waals surface area contributed by atoms with Gasteiger partial charge in [0.15, 0.2) is 0 Å². The summed E-state index contributed by atoms with van der Waals surface area (Å²) in [6.07, 6.45) is 7.82. The molecule has 0 aromatic rings. The molecule has 70 valence electrons. The van der Waals surface area contributed by atoms with Crippen LogP contribution in [0.15, 0.2) is 4.99 Å². The highest BCUT2D eigenvalue weighted by Crippen LogP contribution is 2.27. The van der Waals surface area contributed by atoms with Crippen molar-refractivity contribution >= 4 is 5.71 Å². The molecule has 1 aliphatic rings. The van der Waals surface area contributed by atoms with Gasteiger partial charge in [0.2, 0.25) is 0 Å². The van der Waals surface area contributed by atoms with E-state index in [1.807, 2.05) is 0 Å². The predicted octanol–water partition coefficient (Wildman–Crippen LogP) is 2.33. The molecule has 1 rings (SSSR count). The number of nitrogens with zero attached hydrogens (tertiary/aromatic N) is 1. The molecular weight excluding hydrogens is 148 g/mol. The highest BCUT2D eigenvalue weighted by molar-refractivity contribution is 5.86. The molecule has 1 fully saturated rings. The van der Waals surface area contributed by atoms with Gasteiger partial charge >= 0.3 is 0 Å². The van der Waals surface area contributed by atoms with Crippen LogP contribution < -0.4 is 5.73 Å². The Labute approximate surface area is 75.3 Å². The summed E-state index contributed by atoms with van der Waals surface area (Å²) in [6.45, 7) is 2.69. The topological polar surface area (TPSA) is 38.4 Å². The quantitative estimate of drug-likeness (QED) is 0.643. The predicted molar refractivity (Wildman–Crippen MR) is 53.4 cm³/mol. The zero-order valence-corrected chi connectivity index (χ0v) is 8.05. The van der Waals surface area contributed by atoms with Crippen molar-refractivity contribution in [2.45, 2.75) is 45.4 Å². The van der Waals surface area contributed by atoms with Crippen molar-refractivity contribution in [1.82, 2.24) is 0 Å².